The van der Waals surface area contributed by atoms with Gasteiger partial charge >= 0.3 is 0 Å². The third kappa shape index (κ3) is 2.86. The standard InChI is InChI=1S/C12H20N4S/c1-9(8-15(3)4)13-7-11-10(2)14-12-16(11)5-6-17-12/h5-6,9,13H,7-8H2,1-4H3. The molecule has 1 unspecified atom stereocenters. The predicted octanol–water partition coefficient (Wildman–Crippen LogP) is 1.74. The van der Waals surface area contributed by atoms with E-state index in [0.29, 0.717) is 6.04 Å². The summed E-state index contributed by atoms with van der Waals surface area (Å²) in [6.45, 7) is 6.21. The fourth-order valence-electron chi connectivity index (χ4n) is 2.04. The maximum atomic E-state index is 4.54. The molecule has 0 bridgehead atoms. The summed E-state index contributed by atoms with van der Waals surface area (Å²) in [5.41, 5.74) is 2.40. The molecule has 1 atom stereocenters. The Labute approximate surface area is 106 Å². The Bertz CT molecular complexity index is 486. The molecule has 0 aromatic carbocycles. The zero-order chi connectivity index (χ0) is 12.4. The van der Waals surface area contributed by atoms with Crippen LogP contribution >= 0.6 is 11.3 Å². The lowest BCUT2D eigenvalue weighted by molar-refractivity contribution is 0.348. The summed E-state index contributed by atoms with van der Waals surface area (Å²) in [5.74, 6) is 0. The van der Waals surface area contributed by atoms with Crippen molar-refractivity contribution in [3.05, 3.63) is 23.0 Å². The lowest BCUT2D eigenvalue weighted by Crippen LogP contribution is -2.35. The highest BCUT2D eigenvalue weighted by Crippen LogP contribution is 2.16. The number of hydrogen-bond acceptors (Lipinski definition) is 4. The van der Waals surface area contributed by atoms with Gasteiger partial charge in [-0.05, 0) is 27.9 Å². The second kappa shape index (κ2) is 5.16. The second-order valence-corrected chi connectivity index (χ2v) is 5.62. The molecule has 94 valence electrons. The highest BCUT2D eigenvalue weighted by Gasteiger charge is 2.10. The van der Waals surface area contributed by atoms with E-state index in [1.165, 1.54) is 5.69 Å². The molecular weight excluding hydrogens is 232 g/mol. The normalized spacial score (nSPS) is 13.7. The van der Waals surface area contributed by atoms with Gasteiger partial charge in [-0.3, -0.25) is 4.40 Å². The maximum Gasteiger partial charge on any atom is 0.194 e. The van der Waals surface area contributed by atoms with Gasteiger partial charge in [0, 0.05) is 30.7 Å². The number of rotatable bonds is 5. The van der Waals surface area contributed by atoms with Crippen LogP contribution in [0.4, 0.5) is 0 Å². The molecule has 0 aliphatic rings. The zero-order valence-electron chi connectivity index (χ0n) is 10.9. The lowest BCUT2D eigenvalue weighted by atomic mass is 10.3. The van der Waals surface area contributed by atoms with E-state index in [4.69, 9.17) is 0 Å². The van der Waals surface area contributed by atoms with E-state index in [1.807, 2.05) is 0 Å². The van der Waals surface area contributed by atoms with Crippen molar-refractivity contribution in [2.24, 2.45) is 0 Å². The first-order chi connectivity index (χ1) is 8.08. The van der Waals surface area contributed by atoms with Crippen molar-refractivity contribution in [3.63, 3.8) is 0 Å². The molecule has 1 N–H and O–H groups in total. The van der Waals surface area contributed by atoms with E-state index < -0.39 is 0 Å². The Balaban J connectivity index is 2.03. The van der Waals surface area contributed by atoms with E-state index in [2.05, 4.69) is 59.1 Å². The van der Waals surface area contributed by atoms with Crippen molar-refractivity contribution >= 4 is 16.3 Å². The molecule has 2 rings (SSSR count). The van der Waals surface area contributed by atoms with E-state index in [-0.39, 0.29) is 0 Å². The van der Waals surface area contributed by atoms with Gasteiger partial charge in [0.1, 0.15) is 0 Å². The van der Waals surface area contributed by atoms with Crippen LogP contribution < -0.4 is 5.32 Å². The van der Waals surface area contributed by atoms with Crippen LogP contribution in [0.5, 0.6) is 0 Å². The molecule has 2 heterocycles. The number of aromatic nitrogens is 2. The molecule has 2 aromatic rings. The number of imidazole rings is 1. The van der Waals surface area contributed by atoms with Crippen LogP contribution in [0.2, 0.25) is 0 Å². The Hall–Kier alpha value is -0.910. The summed E-state index contributed by atoms with van der Waals surface area (Å²) in [5, 5.41) is 5.62. The first kappa shape index (κ1) is 12.5. The third-order valence-electron chi connectivity index (χ3n) is 2.82. The van der Waals surface area contributed by atoms with Crippen molar-refractivity contribution in [2.45, 2.75) is 26.4 Å². The van der Waals surface area contributed by atoms with Gasteiger partial charge in [0.2, 0.25) is 0 Å². The highest BCUT2D eigenvalue weighted by molar-refractivity contribution is 7.15. The molecule has 0 fully saturated rings. The van der Waals surface area contributed by atoms with Crippen molar-refractivity contribution < 1.29 is 0 Å². The average molecular weight is 252 g/mol. The molecule has 0 amide bonds. The molecule has 0 aliphatic heterocycles. The molecule has 17 heavy (non-hydrogen) atoms. The molecular formula is C12H20N4S. The van der Waals surface area contributed by atoms with Gasteiger partial charge in [-0.1, -0.05) is 0 Å². The minimum Gasteiger partial charge on any atom is -0.308 e. The van der Waals surface area contributed by atoms with Gasteiger partial charge in [0.25, 0.3) is 0 Å². The van der Waals surface area contributed by atoms with Gasteiger partial charge in [0.15, 0.2) is 4.96 Å². The maximum absolute atomic E-state index is 4.54. The highest BCUT2D eigenvalue weighted by atomic mass is 32.1. The summed E-state index contributed by atoms with van der Waals surface area (Å²) in [6.07, 6.45) is 2.09. The minimum atomic E-state index is 0.480. The number of thiazole rings is 1. The van der Waals surface area contributed by atoms with Gasteiger partial charge in [-0.25, -0.2) is 4.98 Å². The number of aryl methyl sites for hydroxylation is 1. The Morgan fingerprint density at radius 1 is 1.53 bits per heavy atom. The van der Waals surface area contributed by atoms with Crippen LogP contribution in [-0.2, 0) is 6.54 Å². The fraction of sp³-hybridized carbons (Fsp3) is 0.583. The first-order valence-electron chi connectivity index (χ1n) is 5.87. The summed E-state index contributed by atoms with van der Waals surface area (Å²) in [4.78, 5) is 7.82. The summed E-state index contributed by atoms with van der Waals surface area (Å²) >= 11 is 1.68. The van der Waals surface area contributed by atoms with Gasteiger partial charge in [-0.15, -0.1) is 11.3 Å². The molecule has 2 aromatic heterocycles. The van der Waals surface area contributed by atoms with Gasteiger partial charge in [-0.2, -0.15) is 0 Å². The van der Waals surface area contributed by atoms with Crippen molar-refractivity contribution in [1.82, 2.24) is 19.6 Å². The number of likely N-dealkylation sites (N-methyl/N-ethyl adjacent to an activating group) is 1. The molecule has 0 spiro atoms. The molecule has 5 heteroatoms. The zero-order valence-corrected chi connectivity index (χ0v) is 11.7. The molecule has 0 saturated heterocycles. The predicted molar refractivity (Wildman–Crippen MR) is 72.7 cm³/mol. The van der Waals surface area contributed by atoms with Crippen LogP contribution in [0.15, 0.2) is 11.6 Å². The third-order valence-corrected chi connectivity index (χ3v) is 3.57. The van der Waals surface area contributed by atoms with E-state index in [9.17, 15) is 0 Å². The van der Waals surface area contributed by atoms with Crippen molar-refractivity contribution in [1.29, 1.82) is 0 Å². The first-order valence-corrected chi connectivity index (χ1v) is 6.75. The SMILES string of the molecule is Cc1nc2sccn2c1CNC(C)CN(C)C. The van der Waals surface area contributed by atoms with Crippen LogP contribution in [0, 0.1) is 6.92 Å². The molecule has 0 radical (unpaired) electrons. The largest absolute Gasteiger partial charge is 0.308 e. The van der Waals surface area contributed by atoms with Crippen LogP contribution in [0.3, 0.4) is 0 Å². The number of nitrogens with one attached hydrogen (secondary N) is 1. The smallest absolute Gasteiger partial charge is 0.194 e. The van der Waals surface area contributed by atoms with Crippen LogP contribution in [0.25, 0.3) is 4.96 Å². The van der Waals surface area contributed by atoms with Crippen LogP contribution in [0.1, 0.15) is 18.3 Å². The summed E-state index contributed by atoms with van der Waals surface area (Å²) in [6, 6.07) is 0.480. The molecule has 0 aliphatic carbocycles. The number of nitrogens with zero attached hydrogens (tertiary/aromatic N) is 3. The van der Waals surface area contributed by atoms with E-state index >= 15 is 0 Å². The fourth-order valence-corrected chi connectivity index (χ4v) is 2.82. The molecule has 0 saturated carbocycles. The summed E-state index contributed by atoms with van der Waals surface area (Å²) in [7, 11) is 4.19. The Morgan fingerprint density at radius 2 is 2.29 bits per heavy atom. The molecule has 4 nitrogen and oxygen atoms in total. The van der Waals surface area contributed by atoms with Gasteiger partial charge in [0.05, 0.1) is 11.4 Å². The summed E-state index contributed by atoms with van der Waals surface area (Å²) < 4.78 is 2.18. The van der Waals surface area contributed by atoms with Gasteiger partial charge < -0.3 is 10.2 Å². The quantitative estimate of drug-likeness (QED) is 0.880. The van der Waals surface area contributed by atoms with E-state index in [0.717, 1.165) is 23.7 Å². The number of fused-ring (bicyclic) bond motifs is 1. The lowest BCUT2D eigenvalue weighted by Gasteiger charge is -2.18. The monoisotopic (exact) mass is 252 g/mol. The number of hydrogen-bond donors (Lipinski definition) is 1. The second-order valence-electron chi connectivity index (χ2n) is 4.74. The average Bonchev–Trinajstić information content (AvgIpc) is 2.74. The Kier molecular flexibility index (Phi) is 3.81. The minimum absolute atomic E-state index is 0.480. The van der Waals surface area contributed by atoms with Crippen molar-refractivity contribution in [3.8, 4) is 0 Å². The topological polar surface area (TPSA) is 32.6 Å². The Morgan fingerprint density at radius 3 is 3.00 bits per heavy atom. The van der Waals surface area contributed by atoms with E-state index in [1.54, 1.807) is 11.3 Å². The van der Waals surface area contributed by atoms with Crippen LogP contribution in [-0.4, -0.2) is 41.0 Å². The van der Waals surface area contributed by atoms with Crippen molar-refractivity contribution in [2.75, 3.05) is 20.6 Å².